The van der Waals surface area contributed by atoms with E-state index in [0.29, 0.717) is 41.0 Å². The second-order valence-corrected chi connectivity index (χ2v) is 8.33. The predicted molar refractivity (Wildman–Crippen MR) is 121 cm³/mol. The van der Waals surface area contributed by atoms with E-state index in [-0.39, 0.29) is 11.3 Å². The number of anilines is 1. The third-order valence-electron chi connectivity index (χ3n) is 5.27. The Kier molecular flexibility index (Phi) is 6.05. The summed E-state index contributed by atoms with van der Waals surface area (Å²) >= 11 is 0. The van der Waals surface area contributed by atoms with Crippen LogP contribution in [-0.4, -0.2) is 23.4 Å². The number of carbonyl (C=O) groups is 2. The van der Waals surface area contributed by atoms with Crippen molar-refractivity contribution in [3.63, 3.8) is 0 Å². The van der Waals surface area contributed by atoms with E-state index in [1.807, 2.05) is 13.8 Å². The van der Waals surface area contributed by atoms with Gasteiger partial charge in [0, 0.05) is 11.3 Å². The maximum absolute atomic E-state index is 13.5. The van der Waals surface area contributed by atoms with Crippen molar-refractivity contribution in [2.75, 3.05) is 11.5 Å². The monoisotopic (exact) mass is 449 g/mol. The molecule has 0 spiro atoms. The van der Waals surface area contributed by atoms with Crippen LogP contribution < -0.4 is 9.64 Å². The molecule has 1 aliphatic heterocycles. The Balaban J connectivity index is 1.84. The smallest absolute Gasteiger partial charge is 0.300 e. The molecule has 1 aromatic heterocycles. The Morgan fingerprint density at radius 1 is 1.12 bits per heavy atom. The van der Waals surface area contributed by atoms with Crippen LogP contribution in [0.2, 0.25) is 0 Å². The van der Waals surface area contributed by atoms with Crippen LogP contribution in [0.15, 0.2) is 70.7 Å². The molecule has 170 valence electrons. The summed E-state index contributed by atoms with van der Waals surface area (Å²) in [5, 5.41) is 11.2. The Morgan fingerprint density at radius 2 is 1.85 bits per heavy atom. The number of amides is 1. The van der Waals surface area contributed by atoms with Crippen molar-refractivity contribution in [2.45, 2.75) is 26.8 Å². The van der Waals surface area contributed by atoms with Crippen LogP contribution in [0, 0.1) is 18.7 Å². The number of ether oxygens (including phenoxy) is 1. The van der Waals surface area contributed by atoms with Crippen molar-refractivity contribution in [1.82, 2.24) is 0 Å². The first-order valence-electron chi connectivity index (χ1n) is 10.6. The number of aliphatic hydroxyl groups is 1. The molecule has 1 aliphatic rings. The summed E-state index contributed by atoms with van der Waals surface area (Å²) < 4.78 is 25.0. The summed E-state index contributed by atoms with van der Waals surface area (Å²) in [6.45, 7) is 6.27. The zero-order valence-corrected chi connectivity index (χ0v) is 18.5. The van der Waals surface area contributed by atoms with Crippen LogP contribution in [0.4, 0.5) is 10.1 Å². The van der Waals surface area contributed by atoms with Crippen molar-refractivity contribution in [3.05, 3.63) is 89.1 Å². The van der Waals surface area contributed by atoms with Crippen LogP contribution in [-0.2, 0) is 9.59 Å². The van der Waals surface area contributed by atoms with Crippen LogP contribution in [0.3, 0.4) is 0 Å². The molecule has 1 amide bonds. The number of Topliss-reactive ketones (excluding diaryl/α,β-unsaturated/α-hetero) is 1. The standard InChI is InChI=1S/C26H24FNO5/c1-15(2)14-32-20-6-4-5-17(13-20)24(29)22-23(21-12-7-16(3)33-21)28(26(31)25(22)30)19-10-8-18(27)9-11-19/h4-13,15,23,29H,14H2,1-3H3/b24-22-. The zero-order chi connectivity index (χ0) is 23.7. The number of benzene rings is 2. The van der Waals surface area contributed by atoms with Gasteiger partial charge in [-0.3, -0.25) is 14.5 Å². The SMILES string of the molecule is Cc1ccc(C2/C(=C(/O)c3cccc(OCC(C)C)c3)C(=O)C(=O)N2c2ccc(F)cc2)o1. The Labute approximate surface area is 190 Å². The minimum atomic E-state index is -1.01. The number of carbonyl (C=O) groups excluding carboxylic acids is 2. The average Bonchev–Trinajstić information content (AvgIpc) is 3.33. The van der Waals surface area contributed by atoms with Gasteiger partial charge in [0.2, 0.25) is 0 Å². The Hall–Kier alpha value is -3.87. The van der Waals surface area contributed by atoms with Crippen molar-refractivity contribution < 1.29 is 28.2 Å². The van der Waals surface area contributed by atoms with E-state index in [4.69, 9.17) is 9.15 Å². The molecule has 1 fully saturated rings. The maximum Gasteiger partial charge on any atom is 0.300 e. The van der Waals surface area contributed by atoms with E-state index in [1.165, 1.54) is 29.2 Å². The fourth-order valence-electron chi connectivity index (χ4n) is 3.72. The lowest BCUT2D eigenvalue weighted by Gasteiger charge is -2.23. The average molecular weight is 449 g/mol. The molecule has 1 saturated heterocycles. The van der Waals surface area contributed by atoms with Gasteiger partial charge in [0.25, 0.3) is 11.7 Å². The first-order chi connectivity index (χ1) is 15.8. The third-order valence-corrected chi connectivity index (χ3v) is 5.27. The molecule has 0 aliphatic carbocycles. The predicted octanol–water partition coefficient (Wildman–Crippen LogP) is 5.39. The molecule has 3 aromatic rings. The quantitative estimate of drug-likeness (QED) is 0.310. The summed E-state index contributed by atoms with van der Waals surface area (Å²) in [5.41, 5.74) is 0.534. The van der Waals surface area contributed by atoms with Gasteiger partial charge in [-0.2, -0.15) is 0 Å². The van der Waals surface area contributed by atoms with Gasteiger partial charge in [-0.25, -0.2) is 4.39 Å². The van der Waals surface area contributed by atoms with Crippen LogP contribution in [0.5, 0.6) is 5.75 Å². The van der Waals surface area contributed by atoms with Gasteiger partial charge >= 0.3 is 0 Å². The number of halogens is 1. The molecule has 2 heterocycles. The number of aryl methyl sites for hydroxylation is 1. The van der Waals surface area contributed by atoms with Crippen molar-refractivity contribution in [3.8, 4) is 5.75 Å². The number of ketones is 1. The van der Waals surface area contributed by atoms with E-state index < -0.39 is 23.5 Å². The van der Waals surface area contributed by atoms with Gasteiger partial charge in [-0.05, 0) is 61.4 Å². The highest BCUT2D eigenvalue weighted by Crippen LogP contribution is 2.42. The highest BCUT2D eigenvalue weighted by Gasteiger charge is 2.48. The largest absolute Gasteiger partial charge is 0.507 e. The summed E-state index contributed by atoms with van der Waals surface area (Å²) in [4.78, 5) is 27.4. The number of rotatable bonds is 6. The molecular weight excluding hydrogens is 425 g/mol. The molecule has 4 rings (SSSR count). The summed E-state index contributed by atoms with van der Waals surface area (Å²) in [6, 6.07) is 14.3. The number of furan rings is 1. The second kappa shape index (κ2) is 8.94. The van der Waals surface area contributed by atoms with E-state index in [1.54, 1.807) is 43.3 Å². The molecule has 1 unspecified atom stereocenters. The first-order valence-corrected chi connectivity index (χ1v) is 10.6. The number of hydrogen-bond donors (Lipinski definition) is 1. The minimum absolute atomic E-state index is 0.111. The lowest BCUT2D eigenvalue weighted by atomic mass is 9.99. The van der Waals surface area contributed by atoms with Gasteiger partial charge in [0.05, 0.1) is 12.2 Å². The number of aliphatic hydroxyl groups excluding tert-OH is 1. The molecule has 0 radical (unpaired) electrons. The molecule has 2 aromatic carbocycles. The van der Waals surface area contributed by atoms with Crippen LogP contribution in [0.1, 0.15) is 37.0 Å². The number of hydrogen-bond acceptors (Lipinski definition) is 5. The number of nitrogens with zero attached hydrogens (tertiary/aromatic N) is 1. The minimum Gasteiger partial charge on any atom is -0.507 e. The van der Waals surface area contributed by atoms with Gasteiger partial charge in [0.1, 0.15) is 34.9 Å². The summed E-state index contributed by atoms with van der Waals surface area (Å²) in [6.07, 6.45) is 0. The van der Waals surface area contributed by atoms with Crippen molar-refractivity contribution >= 4 is 23.1 Å². The lowest BCUT2D eigenvalue weighted by molar-refractivity contribution is -0.132. The van der Waals surface area contributed by atoms with Gasteiger partial charge in [-0.15, -0.1) is 0 Å². The summed E-state index contributed by atoms with van der Waals surface area (Å²) in [7, 11) is 0. The van der Waals surface area contributed by atoms with E-state index >= 15 is 0 Å². The highest BCUT2D eigenvalue weighted by atomic mass is 19.1. The van der Waals surface area contributed by atoms with E-state index in [9.17, 15) is 19.1 Å². The maximum atomic E-state index is 13.5. The zero-order valence-electron chi connectivity index (χ0n) is 18.5. The van der Waals surface area contributed by atoms with E-state index in [0.717, 1.165) is 0 Å². The van der Waals surface area contributed by atoms with Crippen LogP contribution in [0.25, 0.3) is 5.76 Å². The first kappa shape index (κ1) is 22.3. The molecule has 33 heavy (non-hydrogen) atoms. The van der Waals surface area contributed by atoms with E-state index in [2.05, 4.69) is 0 Å². The molecule has 1 N–H and O–H groups in total. The lowest BCUT2D eigenvalue weighted by Crippen LogP contribution is -2.29. The topological polar surface area (TPSA) is 80.0 Å². The molecule has 1 atom stereocenters. The fourth-order valence-corrected chi connectivity index (χ4v) is 3.72. The Bertz CT molecular complexity index is 1230. The summed E-state index contributed by atoms with van der Waals surface area (Å²) in [5.74, 6) is -0.773. The molecule has 0 bridgehead atoms. The van der Waals surface area contributed by atoms with Crippen molar-refractivity contribution in [1.29, 1.82) is 0 Å². The van der Waals surface area contributed by atoms with Crippen LogP contribution >= 0.6 is 0 Å². The van der Waals surface area contributed by atoms with Gasteiger partial charge in [0.15, 0.2) is 0 Å². The van der Waals surface area contributed by atoms with Gasteiger partial charge in [-0.1, -0.05) is 26.0 Å². The highest BCUT2D eigenvalue weighted by molar-refractivity contribution is 6.51. The van der Waals surface area contributed by atoms with Crippen molar-refractivity contribution in [2.24, 2.45) is 5.92 Å². The Morgan fingerprint density at radius 3 is 2.48 bits per heavy atom. The third kappa shape index (κ3) is 4.39. The normalized spacial score (nSPS) is 17.7. The second-order valence-electron chi connectivity index (χ2n) is 8.33. The molecular formula is C26H24FNO5. The fraction of sp³-hybridized carbons (Fsp3) is 0.231. The molecule has 0 saturated carbocycles. The molecule has 7 heteroatoms. The molecule has 6 nitrogen and oxygen atoms in total. The van der Waals surface area contributed by atoms with Gasteiger partial charge < -0.3 is 14.3 Å².